The van der Waals surface area contributed by atoms with E-state index in [0.29, 0.717) is 16.6 Å². The molecule has 0 fully saturated rings. The van der Waals surface area contributed by atoms with Gasteiger partial charge in [-0.1, -0.05) is 25.4 Å². The predicted molar refractivity (Wildman–Crippen MR) is 59.5 cm³/mol. The lowest BCUT2D eigenvalue weighted by molar-refractivity contribution is -0.121. The van der Waals surface area contributed by atoms with Gasteiger partial charge in [0.25, 0.3) is 5.91 Å². The summed E-state index contributed by atoms with van der Waals surface area (Å²) < 4.78 is 5.15. The zero-order valence-corrected chi connectivity index (χ0v) is 9.71. The van der Waals surface area contributed by atoms with Gasteiger partial charge in [-0.05, 0) is 0 Å². The largest absolute Gasteiger partial charge is 0.480 e. The highest BCUT2D eigenvalue weighted by Crippen LogP contribution is 2.30. The van der Waals surface area contributed by atoms with Crippen LogP contribution >= 0.6 is 11.6 Å². The molecule has 2 heterocycles. The summed E-state index contributed by atoms with van der Waals surface area (Å²) in [4.78, 5) is 16.6. The highest BCUT2D eigenvalue weighted by Gasteiger charge is 2.23. The van der Waals surface area contributed by atoms with Gasteiger partial charge in [0.2, 0.25) is 0 Å². The van der Waals surface area contributed by atoms with Gasteiger partial charge in [0.15, 0.2) is 18.2 Å². The number of ether oxygens (including phenoxy) is 1. The first-order chi connectivity index (χ1) is 7.18. The summed E-state index contributed by atoms with van der Waals surface area (Å²) in [5, 5.41) is 0.501. The van der Waals surface area contributed by atoms with Crippen molar-refractivity contribution in [2.75, 3.05) is 18.6 Å². The van der Waals surface area contributed by atoms with E-state index in [2.05, 4.69) is 4.98 Å². The van der Waals surface area contributed by atoms with Gasteiger partial charge >= 0.3 is 0 Å². The molecule has 0 radical (unpaired) electrons. The molecule has 0 aliphatic carbocycles. The fourth-order valence-corrected chi connectivity index (χ4v) is 1.27. The predicted octanol–water partition coefficient (Wildman–Crippen LogP) is 2.12. The van der Waals surface area contributed by atoms with Crippen LogP contribution in [0.1, 0.15) is 13.8 Å². The van der Waals surface area contributed by atoms with E-state index in [1.807, 2.05) is 13.8 Å². The molecule has 1 aliphatic rings. The molecule has 0 N–H and O–H groups in total. The van der Waals surface area contributed by atoms with Crippen molar-refractivity contribution in [1.29, 1.82) is 0 Å². The summed E-state index contributed by atoms with van der Waals surface area (Å²) in [7, 11) is 1.66. The van der Waals surface area contributed by atoms with Crippen LogP contribution in [0, 0.1) is 0 Å². The van der Waals surface area contributed by atoms with Crippen LogP contribution in [0.3, 0.4) is 0 Å². The SMILES string of the molecule is CC.CN1C(=O)COc2cc(Cl)cnc21. The summed E-state index contributed by atoms with van der Waals surface area (Å²) in [5.41, 5.74) is 0. The maximum atomic E-state index is 11.2. The fraction of sp³-hybridized carbons (Fsp3) is 0.400. The van der Waals surface area contributed by atoms with Gasteiger partial charge in [-0.15, -0.1) is 0 Å². The van der Waals surface area contributed by atoms with Crippen LogP contribution in [0.4, 0.5) is 5.82 Å². The Kier molecular flexibility index (Phi) is 3.91. The van der Waals surface area contributed by atoms with Crippen LogP contribution < -0.4 is 9.64 Å². The van der Waals surface area contributed by atoms with Crippen molar-refractivity contribution >= 4 is 23.3 Å². The van der Waals surface area contributed by atoms with Gasteiger partial charge in [-0.2, -0.15) is 0 Å². The van der Waals surface area contributed by atoms with Crippen molar-refractivity contribution in [3.8, 4) is 5.75 Å². The molecule has 0 atom stereocenters. The Morgan fingerprint density at radius 2 is 2.20 bits per heavy atom. The Morgan fingerprint density at radius 3 is 2.87 bits per heavy atom. The average Bonchev–Trinajstić information content (AvgIpc) is 2.26. The minimum Gasteiger partial charge on any atom is -0.480 e. The summed E-state index contributed by atoms with van der Waals surface area (Å²) in [5.74, 6) is 0.956. The van der Waals surface area contributed by atoms with Gasteiger partial charge in [0, 0.05) is 19.3 Å². The Hall–Kier alpha value is -1.29. The van der Waals surface area contributed by atoms with Crippen molar-refractivity contribution in [2.45, 2.75) is 13.8 Å². The third-order valence-electron chi connectivity index (χ3n) is 1.84. The van der Waals surface area contributed by atoms with Crippen LogP contribution in [0.5, 0.6) is 5.75 Å². The van der Waals surface area contributed by atoms with E-state index in [1.54, 1.807) is 13.1 Å². The van der Waals surface area contributed by atoms with Crippen LogP contribution in [-0.4, -0.2) is 24.5 Å². The molecule has 0 saturated carbocycles. The van der Waals surface area contributed by atoms with Crippen molar-refractivity contribution in [3.05, 3.63) is 17.3 Å². The lowest BCUT2D eigenvalue weighted by Crippen LogP contribution is -2.36. The zero-order chi connectivity index (χ0) is 11.4. The lowest BCUT2D eigenvalue weighted by atomic mass is 10.3. The van der Waals surface area contributed by atoms with Crippen LogP contribution in [0.2, 0.25) is 5.02 Å². The number of hydrogen-bond donors (Lipinski definition) is 0. The molecule has 1 amide bonds. The Bertz CT molecular complexity index is 368. The normalized spacial score (nSPS) is 13.6. The van der Waals surface area contributed by atoms with Crippen LogP contribution in [0.25, 0.3) is 0 Å². The Labute approximate surface area is 93.8 Å². The van der Waals surface area contributed by atoms with E-state index in [1.165, 1.54) is 11.1 Å². The lowest BCUT2D eigenvalue weighted by Gasteiger charge is -2.24. The average molecular weight is 229 g/mol. The summed E-state index contributed by atoms with van der Waals surface area (Å²) in [6.07, 6.45) is 1.48. The van der Waals surface area contributed by atoms with Gasteiger partial charge in [-0.25, -0.2) is 4.98 Å². The van der Waals surface area contributed by atoms with Gasteiger partial charge in [0.1, 0.15) is 0 Å². The van der Waals surface area contributed by atoms with Crippen molar-refractivity contribution in [2.24, 2.45) is 0 Å². The topological polar surface area (TPSA) is 42.4 Å². The monoisotopic (exact) mass is 228 g/mol. The molecule has 1 aromatic rings. The first kappa shape index (κ1) is 11.8. The molecule has 4 nitrogen and oxygen atoms in total. The number of carbonyl (C=O) groups excluding carboxylic acids is 1. The number of pyridine rings is 1. The van der Waals surface area contributed by atoms with Gasteiger partial charge < -0.3 is 4.74 Å². The quantitative estimate of drug-likeness (QED) is 0.683. The first-order valence-corrected chi connectivity index (χ1v) is 5.11. The molecule has 1 aromatic heterocycles. The number of anilines is 1. The summed E-state index contributed by atoms with van der Waals surface area (Å²) in [6, 6.07) is 1.65. The number of hydrogen-bond acceptors (Lipinski definition) is 3. The standard InChI is InChI=1S/C8H7ClN2O2.C2H6/c1-11-7(12)4-13-6-2-5(9)3-10-8(6)11;1-2/h2-3H,4H2,1H3;1-2H3. The minimum absolute atomic E-state index is 0.0471. The molecular weight excluding hydrogens is 216 g/mol. The van der Waals surface area contributed by atoms with Crippen LogP contribution in [-0.2, 0) is 4.79 Å². The molecular formula is C10H13ClN2O2. The van der Waals surface area contributed by atoms with Crippen molar-refractivity contribution < 1.29 is 9.53 Å². The highest BCUT2D eigenvalue weighted by atomic mass is 35.5. The van der Waals surface area contributed by atoms with Crippen molar-refractivity contribution in [1.82, 2.24) is 4.98 Å². The second-order valence-corrected chi connectivity index (χ2v) is 3.15. The van der Waals surface area contributed by atoms with E-state index in [9.17, 15) is 4.79 Å². The maximum Gasteiger partial charge on any atom is 0.265 e. The number of amides is 1. The third kappa shape index (κ3) is 2.39. The molecule has 5 heteroatoms. The Balaban J connectivity index is 0.000000531. The van der Waals surface area contributed by atoms with Gasteiger partial charge in [0.05, 0.1) is 5.02 Å². The molecule has 15 heavy (non-hydrogen) atoms. The molecule has 0 aromatic carbocycles. The molecule has 0 unspecified atom stereocenters. The highest BCUT2D eigenvalue weighted by molar-refractivity contribution is 6.30. The van der Waals surface area contributed by atoms with Crippen LogP contribution in [0.15, 0.2) is 12.3 Å². The van der Waals surface area contributed by atoms with E-state index in [0.717, 1.165) is 0 Å². The maximum absolute atomic E-state index is 11.2. The summed E-state index contributed by atoms with van der Waals surface area (Å²) >= 11 is 5.71. The first-order valence-electron chi connectivity index (χ1n) is 4.73. The van der Waals surface area contributed by atoms with E-state index in [-0.39, 0.29) is 12.5 Å². The number of aromatic nitrogens is 1. The second kappa shape index (κ2) is 4.98. The zero-order valence-electron chi connectivity index (χ0n) is 8.95. The van der Waals surface area contributed by atoms with E-state index in [4.69, 9.17) is 16.3 Å². The minimum atomic E-state index is -0.109. The second-order valence-electron chi connectivity index (χ2n) is 2.72. The molecule has 82 valence electrons. The van der Waals surface area contributed by atoms with Crippen molar-refractivity contribution in [3.63, 3.8) is 0 Å². The summed E-state index contributed by atoms with van der Waals surface area (Å²) in [6.45, 7) is 4.05. The number of fused-ring (bicyclic) bond motifs is 1. The van der Waals surface area contributed by atoms with Gasteiger partial charge in [-0.3, -0.25) is 9.69 Å². The smallest absolute Gasteiger partial charge is 0.265 e. The fourth-order valence-electron chi connectivity index (χ4n) is 1.13. The number of likely N-dealkylation sites (N-methyl/N-ethyl adjacent to an activating group) is 1. The molecule has 0 bridgehead atoms. The third-order valence-corrected chi connectivity index (χ3v) is 2.05. The number of halogens is 1. The molecule has 1 aliphatic heterocycles. The number of carbonyl (C=O) groups is 1. The van der Waals surface area contributed by atoms with E-state index >= 15 is 0 Å². The van der Waals surface area contributed by atoms with E-state index < -0.39 is 0 Å². The number of nitrogens with zero attached hydrogens (tertiary/aromatic N) is 2. The molecule has 0 saturated heterocycles. The number of rotatable bonds is 0. The molecule has 0 spiro atoms. The Morgan fingerprint density at radius 1 is 1.53 bits per heavy atom. The molecule has 2 rings (SSSR count).